The van der Waals surface area contributed by atoms with Crippen molar-refractivity contribution in [1.82, 2.24) is 24.5 Å². The Balaban J connectivity index is 1.43. The Morgan fingerprint density at radius 2 is 1.26 bits per heavy atom. The van der Waals surface area contributed by atoms with E-state index in [1.807, 2.05) is 77.4 Å². The molecule has 0 unspecified atom stereocenters. The van der Waals surface area contributed by atoms with Crippen molar-refractivity contribution in [3.05, 3.63) is 107 Å². The van der Waals surface area contributed by atoms with E-state index in [9.17, 15) is 4.79 Å². The Kier molecular flexibility index (Phi) is 7.51. The normalized spacial score (nSPS) is 16.3. The van der Waals surface area contributed by atoms with Gasteiger partial charge in [0.25, 0.3) is 0 Å². The Morgan fingerprint density at radius 1 is 0.789 bits per heavy atom. The van der Waals surface area contributed by atoms with Crippen molar-refractivity contribution in [3.8, 4) is 11.5 Å². The molecule has 0 bridgehead atoms. The van der Waals surface area contributed by atoms with Crippen LogP contribution in [0.1, 0.15) is 22.3 Å². The number of hydrogen-bond acceptors (Lipinski definition) is 6. The van der Waals surface area contributed by atoms with Gasteiger partial charge in [0.05, 0.1) is 27.3 Å². The first-order valence-electron chi connectivity index (χ1n) is 12.5. The van der Waals surface area contributed by atoms with Crippen molar-refractivity contribution in [2.24, 2.45) is 0 Å². The zero-order valence-corrected chi connectivity index (χ0v) is 21.9. The lowest BCUT2D eigenvalue weighted by Crippen LogP contribution is -2.34. The van der Waals surface area contributed by atoms with E-state index in [1.165, 1.54) is 0 Å². The molecule has 194 valence electrons. The van der Waals surface area contributed by atoms with Gasteiger partial charge in [-0.3, -0.25) is 19.1 Å². The van der Waals surface area contributed by atoms with Crippen LogP contribution in [0.25, 0.3) is 12.2 Å². The van der Waals surface area contributed by atoms with E-state index < -0.39 is 0 Å². The fourth-order valence-corrected chi connectivity index (χ4v) is 4.77. The highest BCUT2D eigenvalue weighted by Crippen LogP contribution is 2.27. The number of benzene rings is 2. The summed E-state index contributed by atoms with van der Waals surface area (Å²) >= 11 is 0. The predicted octanol–water partition coefficient (Wildman–Crippen LogP) is 4.17. The van der Waals surface area contributed by atoms with Crippen LogP contribution in [0.2, 0.25) is 0 Å². The monoisotopic (exact) mass is 509 g/mol. The number of ether oxygens (including phenoxy) is 2. The van der Waals surface area contributed by atoms with Crippen molar-refractivity contribution in [2.45, 2.75) is 13.1 Å². The van der Waals surface area contributed by atoms with Gasteiger partial charge in [0, 0.05) is 60.1 Å². The zero-order chi connectivity index (χ0) is 26.5. The second kappa shape index (κ2) is 11.3. The van der Waals surface area contributed by atoms with Crippen molar-refractivity contribution in [2.75, 3.05) is 34.4 Å². The highest BCUT2D eigenvalue weighted by atomic mass is 16.5. The molecule has 0 atom stereocenters. The van der Waals surface area contributed by atoms with Crippen molar-refractivity contribution >= 4 is 17.9 Å². The molecule has 4 aromatic rings. The average Bonchev–Trinajstić information content (AvgIpc) is 3.62. The van der Waals surface area contributed by atoms with Gasteiger partial charge in [-0.2, -0.15) is 10.2 Å². The summed E-state index contributed by atoms with van der Waals surface area (Å²) in [6.07, 6.45) is 11.3. The quantitative estimate of drug-likeness (QED) is 0.332. The van der Waals surface area contributed by atoms with Crippen LogP contribution >= 0.6 is 0 Å². The fraction of sp³-hybridized carbons (Fsp3) is 0.233. The molecule has 3 heterocycles. The Morgan fingerprint density at radius 3 is 1.66 bits per heavy atom. The molecule has 1 aliphatic rings. The SMILES string of the molecule is COc1ccc(C=C2CN(C)CC(=Cc3ccc(OC)c(Cn4cccn4)c3)C2=O)cc1Cn1cccn1. The number of nitrogens with zero attached hydrogens (tertiary/aromatic N) is 5. The molecular weight excluding hydrogens is 478 g/mol. The number of Topliss-reactive ketones (excluding diaryl/α,β-unsaturated/α-hetero) is 1. The van der Waals surface area contributed by atoms with Crippen LogP contribution < -0.4 is 9.47 Å². The molecule has 38 heavy (non-hydrogen) atoms. The summed E-state index contributed by atoms with van der Waals surface area (Å²) in [6, 6.07) is 15.8. The fourth-order valence-electron chi connectivity index (χ4n) is 4.77. The number of methoxy groups -OCH3 is 2. The molecule has 1 aliphatic heterocycles. The van der Waals surface area contributed by atoms with E-state index in [-0.39, 0.29) is 5.78 Å². The topological polar surface area (TPSA) is 74.4 Å². The van der Waals surface area contributed by atoms with Gasteiger partial charge in [0.1, 0.15) is 11.5 Å². The third-order valence-electron chi connectivity index (χ3n) is 6.54. The average molecular weight is 510 g/mol. The Labute approximate surface area is 222 Å². The number of rotatable bonds is 8. The van der Waals surface area contributed by atoms with Gasteiger partial charge in [0.15, 0.2) is 5.78 Å². The summed E-state index contributed by atoms with van der Waals surface area (Å²) in [5.41, 5.74) is 5.42. The minimum absolute atomic E-state index is 0.0667. The molecule has 2 aromatic heterocycles. The third kappa shape index (κ3) is 5.76. The van der Waals surface area contributed by atoms with Crippen molar-refractivity contribution in [1.29, 1.82) is 0 Å². The molecule has 1 saturated heterocycles. The number of ketones is 1. The summed E-state index contributed by atoms with van der Waals surface area (Å²) in [6.45, 7) is 2.35. The van der Waals surface area contributed by atoms with Crippen LogP contribution in [0, 0.1) is 0 Å². The van der Waals surface area contributed by atoms with Gasteiger partial charge >= 0.3 is 0 Å². The second-order valence-electron chi connectivity index (χ2n) is 9.39. The van der Waals surface area contributed by atoms with Crippen LogP contribution in [-0.2, 0) is 17.9 Å². The lowest BCUT2D eigenvalue weighted by Gasteiger charge is -2.26. The van der Waals surface area contributed by atoms with Gasteiger partial charge in [-0.15, -0.1) is 0 Å². The van der Waals surface area contributed by atoms with Crippen LogP contribution in [0.4, 0.5) is 0 Å². The first-order chi connectivity index (χ1) is 18.5. The van der Waals surface area contributed by atoms with Gasteiger partial charge in [-0.05, 0) is 66.7 Å². The minimum atomic E-state index is 0.0667. The second-order valence-corrected chi connectivity index (χ2v) is 9.39. The lowest BCUT2D eigenvalue weighted by molar-refractivity contribution is -0.113. The van der Waals surface area contributed by atoms with E-state index in [0.29, 0.717) is 26.2 Å². The molecule has 2 aromatic carbocycles. The summed E-state index contributed by atoms with van der Waals surface area (Å²) < 4.78 is 14.8. The van der Waals surface area contributed by atoms with E-state index >= 15 is 0 Å². The first-order valence-corrected chi connectivity index (χ1v) is 12.5. The molecule has 8 nitrogen and oxygen atoms in total. The third-order valence-corrected chi connectivity index (χ3v) is 6.54. The minimum Gasteiger partial charge on any atom is -0.496 e. The Hall–Kier alpha value is -4.43. The van der Waals surface area contributed by atoms with Crippen LogP contribution in [0.3, 0.4) is 0 Å². The number of carbonyl (C=O) groups is 1. The number of piperidine rings is 1. The predicted molar refractivity (Wildman–Crippen MR) is 147 cm³/mol. The number of aromatic nitrogens is 4. The van der Waals surface area contributed by atoms with E-state index in [1.54, 1.807) is 26.6 Å². The van der Waals surface area contributed by atoms with E-state index in [4.69, 9.17) is 9.47 Å². The van der Waals surface area contributed by atoms with Crippen LogP contribution in [0.15, 0.2) is 84.5 Å². The number of likely N-dealkylation sites (N-methyl/N-ethyl adjacent to an activating group) is 1. The van der Waals surface area contributed by atoms with Crippen LogP contribution in [-0.4, -0.2) is 64.6 Å². The molecule has 0 spiro atoms. The van der Waals surface area contributed by atoms with Gasteiger partial charge in [0.2, 0.25) is 0 Å². The number of likely N-dealkylation sites (tertiary alicyclic amines) is 1. The maximum absolute atomic E-state index is 13.6. The first kappa shape index (κ1) is 25.2. The smallest absolute Gasteiger partial charge is 0.187 e. The maximum Gasteiger partial charge on any atom is 0.187 e. The molecule has 0 N–H and O–H groups in total. The standard InChI is InChI=1S/C30H31N5O3/c1-33-18-26(16-22-6-8-28(37-2)24(14-22)20-34-12-4-10-31-34)30(36)27(19-33)17-23-7-9-29(38-3)25(15-23)21-35-13-5-11-32-35/h4-17H,18-21H2,1-3H3. The maximum atomic E-state index is 13.6. The highest BCUT2D eigenvalue weighted by Gasteiger charge is 2.24. The molecular formula is C30H31N5O3. The molecule has 5 rings (SSSR count). The molecule has 0 amide bonds. The van der Waals surface area contributed by atoms with Gasteiger partial charge in [-0.25, -0.2) is 0 Å². The molecule has 8 heteroatoms. The van der Waals surface area contributed by atoms with Gasteiger partial charge in [-0.1, -0.05) is 12.1 Å². The molecule has 0 saturated carbocycles. The molecule has 0 radical (unpaired) electrons. The molecule has 0 aliphatic carbocycles. The summed E-state index contributed by atoms with van der Waals surface area (Å²) in [5, 5.41) is 8.61. The van der Waals surface area contributed by atoms with E-state index in [0.717, 1.165) is 44.9 Å². The largest absolute Gasteiger partial charge is 0.496 e. The summed E-state index contributed by atoms with van der Waals surface area (Å²) in [5.74, 6) is 1.65. The molecule has 1 fully saturated rings. The summed E-state index contributed by atoms with van der Waals surface area (Å²) in [7, 11) is 5.36. The van der Waals surface area contributed by atoms with Crippen molar-refractivity contribution < 1.29 is 14.3 Å². The van der Waals surface area contributed by atoms with Crippen LogP contribution in [0.5, 0.6) is 11.5 Å². The lowest BCUT2D eigenvalue weighted by atomic mass is 9.94. The summed E-state index contributed by atoms with van der Waals surface area (Å²) in [4.78, 5) is 15.7. The number of hydrogen-bond donors (Lipinski definition) is 0. The highest BCUT2D eigenvalue weighted by molar-refractivity contribution is 6.14. The van der Waals surface area contributed by atoms with E-state index in [2.05, 4.69) is 27.2 Å². The zero-order valence-electron chi connectivity index (χ0n) is 21.9. The van der Waals surface area contributed by atoms with Crippen molar-refractivity contribution in [3.63, 3.8) is 0 Å². The number of carbonyl (C=O) groups excluding carboxylic acids is 1. The van der Waals surface area contributed by atoms with Gasteiger partial charge < -0.3 is 9.47 Å². The Bertz CT molecular complexity index is 1360.